The highest BCUT2D eigenvalue weighted by Gasteiger charge is 2.18. The number of thioether (sulfide) groups is 1. The number of carbonyl (C=O) groups is 1. The molecule has 0 aromatic heterocycles. The Balaban J connectivity index is 0.00000144. The summed E-state index contributed by atoms with van der Waals surface area (Å²) in [6, 6.07) is 0. The zero-order chi connectivity index (χ0) is 11.2. The summed E-state index contributed by atoms with van der Waals surface area (Å²) in [7, 11) is 0. The predicted molar refractivity (Wildman–Crippen MR) is 75.9 cm³/mol. The van der Waals surface area contributed by atoms with E-state index in [0.717, 1.165) is 32.0 Å². The molecule has 2 fully saturated rings. The van der Waals surface area contributed by atoms with Gasteiger partial charge in [0.1, 0.15) is 0 Å². The fourth-order valence-corrected chi connectivity index (χ4v) is 3.62. The Kier molecular flexibility index (Phi) is 7.32. The molecular weight excluding hydrogens is 256 g/mol. The summed E-state index contributed by atoms with van der Waals surface area (Å²) in [5.41, 5.74) is 0. The van der Waals surface area contributed by atoms with Crippen LogP contribution in [-0.2, 0) is 4.79 Å². The van der Waals surface area contributed by atoms with E-state index in [9.17, 15) is 4.79 Å². The first-order valence-corrected chi connectivity index (χ1v) is 7.48. The molecule has 0 bridgehead atoms. The number of hydrogen-bond donors (Lipinski definition) is 2. The summed E-state index contributed by atoms with van der Waals surface area (Å²) < 4.78 is 0. The third-order valence-corrected chi connectivity index (χ3v) is 4.89. The van der Waals surface area contributed by atoms with Gasteiger partial charge in [-0.1, -0.05) is 0 Å². The van der Waals surface area contributed by atoms with Crippen LogP contribution in [0, 0.1) is 5.92 Å². The van der Waals surface area contributed by atoms with Crippen molar-refractivity contribution in [3.05, 3.63) is 0 Å². The Morgan fingerprint density at radius 3 is 2.94 bits per heavy atom. The van der Waals surface area contributed by atoms with Crippen molar-refractivity contribution in [3.8, 4) is 0 Å². The van der Waals surface area contributed by atoms with Crippen LogP contribution in [0.5, 0.6) is 0 Å². The van der Waals surface area contributed by atoms with Gasteiger partial charge in [0.25, 0.3) is 0 Å². The first-order valence-electron chi connectivity index (χ1n) is 6.43. The van der Waals surface area contributed by atoms with Crippen LogP contribution in [0.2, 0.25) is 0 Å². The molecule has 0 radical (unpaired) electrons. The normalized spacial score (nSPS) is 27.8. The average molecular weight is 279 g/mol. The van der Waals surface area contributed by atoms with E-state index in [1.807, 2.05) is 11.8 Å². The van der Waals surface area contributed by atoms with Gasteiger partial charge in [-0.2, -0.15) is 11.8 Å². The van der Waals surface area contributed by atoms with Gasteiger partial charge in [-0.15, -0.1) is 12.4 Å². The zero-order valence-corrected chi connectivity index (χ0v) is 11.9. The van der Waals surface area contributed by atoms with Gasteiger partial charge in [0.05, 0.1) is 0 Å². The fourth-order valence-electron chi connectivity index (χ4n) is 2.42. The van der Waals surface area contributed by atoms with Crippen molar-refractivity contribution in [1.29, 1.82) is 0 Å². The summed E-state index contributed by atoms with van der Waals surface area (Å²) >= 11 is 2.00. The molecule has 2 rings (SSSR count). The van der Waals surface area contributed by atoms with Crippen LogP contribution in [-0.4, -0.2) is 36.5 Å². The van der Waals surface area contributed by atoms with E-state index in [2.05, 4.69) is 10.6 Å². The van der Waals surface area contributed by atoms with Gasteiger partial charge in [-0.25, -0.2) is 0 Å². The number of hydrogen-bond acceptors (Lipinski definition) is 3. The maximum absolute atomic E-state index is 11.6. The molecule has 5 heteroatoms. The lowest BCUT2D eigenvalue weighted by molar-refractivity contribution is -0.121. The molecule has 2 aliphatic rings. The van der Waals surface area contributed by atoms with Gasteiger partial charge >= 0.3 is 0 Å². The molecule has 100 valence electrons. The molecule has 1 amide bonds. The highest BCUT2D eigenvalue weighted by Crippen LogP contribution is 2.25. The third kappa shape index (κ3) is 5.49. The number of amides is 1. The van der Waals surface area contributed by atoms with E-state index in [1.54, 1.807) is 0 Å². The van der Waals surface area contributed by atoms with Crippen molar-refractivity contribution in [2.45, 2.75) is 37.4 Å². The van der Waals surface area contributed by atoms with Crippen molar-refractivity contribution in [2.24, 2.45) is 5.92 Å². The van der Waals surface area contributed by atoms with Gasteiger partial charge in [0.15, 0.2) is 0 Å². The molecule has 2 saturated heterocycles. The highest BCUT2D eigenvalue weighted by atomic mass is 35.5. The molecule has 0 aliphatic carbocycles. The van der Waals surface area contributed by atoms with Gasteiger partial charge in [-0.05, 0) is 50.4 Å². The molecule has 2 atom stereocenters. The van der Waals surface area contributed by atoms with Crippen molar-refractivity contribution >= 4 is 30.1 Å². The summed E-state index contributed by atoms with van der Waals surface area (Å²) in [6.07, 6.45) is 5.60. The van der Waals surface area contributed by atoms with Crippen LogP contribution < -0.4 is 10.6 Å². The topological polar surface area (TPSA) is 41.1 Å². The van der Waals surface area contributed by atoms with E-state index in [-0.39, 0.29) is 18.3 Å². The quantitative estimate of drug-likeness (QED) is 0.806. The first-order chi connectivity index (χ1) is 7.84. The third-order valence-electron chi connectivity index (χ3n) is 3.49. The van der Waals surface area contributed by atoms with Crippen LogP contribution in [0.1, 0.15) is 32.1 Å². The SMILES string of the molecule is Cl.O=C(CCC1CCNC1)NCC1CCCS1. The molecule has 2 unspecified atom stereocenters. The molecule has 2 N–H and O–H groups in total. The Morgan fingerprint density at radius 2 is 2.29 bits per heavy atom. The van der Waals surface area contributed by atoms with E-state index in [1.165, 1.54) is 25.0 Å². The number of rotatable bonds is 5. The van der Waals surface area contributed by atoms with Gasteiger partial charge in [0, 0.05) is 18.2 Å². The molecular formula is C12H23ClN2OS. The van der Waals surface area contributed by atoms with Crippen molar-refractivity contribution in [2.75, 3.05) is 25.4 Å². The minimum Gasteiger partial charge on any atom is -0.355 e. The van der Waals surface area contributed by atoms with Crippen LogP contribution in [0.25, 0.3) is 0 Å². The molecule has 0 aromatic carbocycles. The lowest BCUT2D eigenvalue weighted by Crippen LogP contribution is -2.29. The molecule has 0 aromatic rings. The van der Waals surface area contributed by atoms with E-state index in [4.69, 9.17) is 0 Å². The van der Waals surface area contributed by atoms with Gasteiger partial charge < -0.3 is 10.6 Å². The molecule has 0 saturated carbocycles. The minimum absolute atomic E-state index is 0. The largest absolute Gasteiger partial charge is 0.355 e. The second-order valence-electron chi connectivity index (χ2n) is 4.84. The van der Waals surface area contributed by atoms with E-state index in [0.29, 0.717) is 11.7 Å². The molecule has 0 spiro atoms. The van der Waals surface area contributed by atoms with E-state index >= 15 is 0 Å². The predicted octanol–water partition coefficient (Wildman–Crippen LogP) is 1.81. The number of carbonyl (C=O) groups excluding carboxylic acids is 1. The van der Waals surface area contributed by atoms with Gasteiger partial charge in [-0.3, -0.25) is 4.79 Å². The summed E-state index contributed by atoms with van der Waals surface area (Å²) in [5.74, 6) is 2.25. The zero-order valence-electron chi connectivity index (χ0n) is 10.2. The lowest BCUT2D eigenvalue weighted by atomic mass is 10.0. The van der Waals surface area contributed by atoms with Crippen LogP contribution in [0.4, 0.5) is 0 Å². The number of nitrogens with one attached hydrogen (secondary N) is 2. The minimum atomic E-state index is 0. The molecule has 17 heavy (non-hydrogen) atoms. The summed E-state index contributed by atoms with van der Waals surface area (Å²) in [4.78, 5) is 11.6. The summed E-state index contributed by atoms with van der Waals surface area (Å²) in [5, 5.41) is 7.08. The first kappa shape index (κ1) is 15.1. The lowest BCUT2D eigenvalue weighted by Gasteiger charge is -2.11. The molecule has 2 heterocycles. The smallest absolute Gasteiger partial charge is 0.220 e. The standard InChI is InChI=1S/C12H22N2OS.ClH/c15-12(4-3-10-5-6-13-8-10)14-9-11-2-1-7-16-11;/h10-11,13H,1-9H2,(H,14,15);1H. The van der Waals surface area contributed by atoms with E-state index < -0.39 is 0 Å². The summed E-state index contributed by atoms with van der Waals surface area (Å²) in [6.45, 7) is 3.11. The molecule has 3 nitrogen and oxygen atoms in total. The fraction of sp³-hybridized carbons (Fsp3) is 0.917. The maximum atomic E-state index is 11.6. The van der Waals surface area contributed by atoms with Crippen LogP contribution in [0.15, 0.2) is 0 Å². The van der Waals surface area contributed by atoms with Crippen molar-refractivity contribution in [1.82, 2.24) is 10.6 Å². The van der Waals surface area contributed by atoms with Crippen LogP contribution >= 0.6 is 24.2 Å². The monoisotopic (exact) mass is 278 g/mol. The Morgan fingerprint density at radius 1 is 1.41 bits per heavy atom. The highest BCUT2D eigenvalue weighted by molar-refractivity contribution is 8.00. The second kappa shape index (κ2) is 8.22. The second-order valence-corrected chi connectivity index (χ2v) is 6.24. The number of halogens is 1. The van der Waals surface area contributed by atoms with Crippen LogP contribution in [0.3, 0.4) is 0 Å². The molecule has 2 aliphatic heterocycles. The Labute approximate surface area is 114 Å². The van der Waals surface area contributed by atoms with Crippen molar-refractivity contribution in [3.63, 3.8) is 0 Å². The Hall–Kier alpha value is 0.0700. The average Bonchev–Trinajstić information content (AvgIpc) is 2.96. The van der Waals surface area contributed by atoms with Crippen molar-refractivity contribution < 1.29 is 4.79 Å². The van der Waals surface area contributed by atoms with Gasteiger partial charge in [0.2, 0.25) is 5.91 Å². The Bertz CT molecular complexity index is 207. The maximum Gasteiger partial charge on any atom is 0.220 e.